The molecular formula is C10H9F3N4. The van der Waals surface area contributed by atoms with Gasteiger partial charge < -0.3 is 5.73 Å². The number of halogens is 3. The van der Waals surface area contributed by atoms with Crippen LogP contribution in [0.4, 0.5) is 19.1 Å². The minimum atomic E-state index is -4.44. The smallest absolute Gasteiger partial charge is 0.368 e. The third kappa shape index (κ3) is 2.08. The maximum Gasteiger partial charge on any atom is 0.417 e. The van der Waals surface area contributed by atoms with Gasteiger partial charge in [-0.05, 0) is 6.07 Å². The highest BCUT2D eigenvalue weighted by molar-refractivity contribution is 5.61. The van der Waals surface area contributed by atoms with Crippen LogP contribution in [0, 0.1) is 0 Å². The SMILES string of the molecule is Cn1nc(-c2ccccc2C(F)(F)F)nc1N. The van der Waals surface area contributed by atoms with Crippen LogP contribution in [0.25, 0.3) is 11.4 Å². The summed E-state index contributed by atoms with van der Waals surface area (Å²) in [5, 5.41) is 3.84. The maximum absolute atomic E-state index is 12.7. The maximum atomic E-state index is 12.7. The van der Waals surface area contributed by atoms with Gasteiger partial charge in [0, 0.05) is 12.6 Å². The Kier molecular flexibility index (Phi) is 2.53. The second-order valence-corrected chi connectivity index (χ2v) is 3.46. The molecule has 0 aliphatic rings. The van der Waals surface area contributed by atoms with Crippen molar-refractivity contribution in [2.75, 3.05) is 5.73 Å². The van der Waals surface area contributed by atoms with Gasteiger partial charge in [-0.1, -0.05) is 18.2 Å². The zero-order valence-electron chi connectivity index (χ0n) is 8.86. The molecule has 0 spiro atoms. The molecule has 0 unspecified atom stereocenters. The van der Waals surface area contributed by atoms with Crippen molar-refractivity contribution in [3.63, 3.8) is 0 Å². The highest BCUT2D eigenvalue weighted by atomic mass is 19.4. The number of rotatable bonds is 1. The molecule has 7 heteroatoms. The van der Waals surface area contributed by atoms with E-state index < -0.39 is 11.7 Å². The standard InChI is InChI=1S/C10H9F3N4/c1-17-9(14)15-8(16-17)6-4-2-3-5-7(6)10(11,12)13/h2-5H,1H3,(H2,14,15,16). The second kappa shape index (κ2) is 3.76. The fourth-order valence-corrected chi connectivity index (χ4v) is 1.44. The highest BCUT2D eigenvalue weighted by Crippen LogP contribution is 2.35. The number of hydrogen-bond donors (Lipinski definition) is 1. The van der Waals surface area contributed by atoms with E-state index in [9.17, 15) is 13.2 Å². The first kappa shape index (κ1) is 11.4. The first-order valence-corrected chi connectivity index (χ1v) is 4.72. The van der Waals surface area contributed by atoms with E-state index in [1.807, 2.05) is 0 Å². The van der Waals surface area contributed by atoms with E-state index in [-0.39, 0.29) is 17.3 Å². The topological polar surface area (TPSA) is 56.7 Å². The average molecular weight is 242 g/mol. The minimum Gasteiger partial charge on any atom is -0.368 e. The lowest BCUT2D eigenvalue weighted by Crippen LogP contribution is -2.07. The van der Waals surface area contributed by atoms with Crippen LogP contribution in [0.2, 0.25) is 0 Å². The summed E-state index contributed by atoms with van der Waals surface area (Å²) >= 11 is 0. The van der Waals surface area contributed by atoms with Gasteiger partial charge in [0.1, 0.15) is 0 Å². The Morgan fingerprint density at radius 1 is 1.24 bits per heavy atom. The Labute approximate surface area is 94.9 Å². The minimum absolute atomic E-state index is 0.0297. The van der Waals surface area contributed by atoms with Crippen LogP contribution < -0.4 is 5.73 Å². The Morgan fingerprint density at radius 2 is 1.88 bits per heavy atom. The van der Waals surface area contributed by atoms with Gasteiger partial charge in [-0.3, -0.25) is 0 Å². The van der Waals surface area contributed by atoms with Crippen molar-refractivity contribution >= 4 is 5.95 Å². The Morgan fingerprint density at radius 3 is 2.41 bits per heavy atom. The molecule has 17 heavy (non-hydrogen) atoms. The quantitative estimate of drug-likeness (QED) is 0.832. The zero-order valence-corrected chi connectivity index (χ0v) is 8.86. The van der Waals surface area contributed by atoms with Crippen molar-refractivity contribution in [3.05, 3.63) is 29.8 Å². The van der Waals surface area contributed by atoms with E-state index in [2.05, 4.69) is 10.1 Å². The molecule has 2 rings (SSSR count). The van der Waals surface area contributed by atoms with Crippen LogP contribution in [0.15, 0.2) is 24.3 Å². The van der Waals surface area contributed by atoms with Crippen molar-refractivity contribution in [2.45, 2.75) is 6.18 Å². The molecule has 0 saturated heterocycles. The van der Waals surface area contributed by atoms with Crippen molar-refractivity contribution in [1.29, 1.82) is 0 Å². The first-order valence-electron chi connectivity index (χ1n) is 4.72. The van der Waals surface area contributed by atoms with Crippen molar-refractivity contribution in [3.8, 4) is 11.4 Å². The normalized spacial score (nSPS) is 11.8. The first-order chi connectivity index (χ1) is 7.89. The summed E-state index contributed by atoms with van der Waals surface area (Å²) in [7, 11) is 1.52. The summed E-state index contributed by atoms with van der Waals surface area (Å²) in [6.45, 7) is 0. The third-order valence-electron chi connectivity index (χ3n) is 2.27. The van der Waals surface area contributed by atoms with Gasteiger partial charge >= 0.3 is 6.18 Å². The van der Waals surface area contributed by atoms with E-state index in [1.54, 1.807) is 0 Å². The molecule has 0 fully saturated rings. The van der Waals surface area contributed by atoms with Gasteiger partial charge in [-0.25, -0.2) is 4.68 Å². The highest BCUT2D eigenvalue weighted by Gasteiger charge is 2.34. The molecule has 0 radical (unpaired) electrons. The Balaban J connectivity index is 2.60. The van der Waals surface area contributed by atoms with E-state index in [0.29, 0.717) is 0 Å². The van der Waals surface area contributed by atoms with Crippen LogP contribution >= 0.6 is 0 Å². The predicted molar refractivity (Wildman–Crippen MR) is 55.9 cm³/mol. The number of aryl methyl sites for hydroxylation is 1. The summed E-state index contributed by atoms with van der Waals surface area (Å²) in [5.74, 6) is 0.0369. The van der Waals surface area contributed by atoms with E-state index in [4.69, 9.17) is 5.73 Å². The molecule has 90 valence electrons. The van der Waals surface area contributed by atoms with Crippen LogP contribution in [0.3, 0.4) is 0 Å². The monoisotopic (exact) mass is 242 g/mol. The summed E-state index contributed by atoms with van der Waals surface area (Å²) in [4.78, 5) is 3.78. The van der Waals surface area contributed by atoms with E-state index in [1.165, 1.54) is 29.9 Å². The molecule has 0 aliphatic heterocycles. The molecule has 0 amide bonds. The van der Waals surface area contributed by atoms with Crippen LogP contribution in [0.1, 0.15) is 5.56 Å². The van der Waals surface area contributed by atoms with Gasteiger partial charge in [0.25, 0.3) is 0 Å². The number of anilines is 1. The van der Waals surface area contributed by atoms with Crippen molar-refractivity contribution in [1.82, 2.24) is 14.8 Å². The molecule has 2 aromatic rings. The number of alkyl halides is 3. The van der Waals surface area contributed by atoms with Gasteiger partial charge in [-0.2, -0.15) is 18.2 Å². The summed E-state index contributed by atoms with van der Waals surface area (Å²) in [5.41, 5.74) is 4.60. The fourth-order valence-electron chi connectivity index (χ4n) is 1.44. The molecule has 0 aliphatic carbocycles. The molecule has 0 bridgehead atoms. The number of aromatic nitrogens is 3. The molecule has 4 nitrogen and oxygen atoms in total. The Hall–Kier alpha value is -2.05. The third-order valence-corrected chi connectivity index (χ3v) is 2.27. The molecular weight excluding hydrogens is 233 g/mol. The van der Waals surface area contributed by atoms with Crippen LogP contribution in [-0.4, -0.2) is 14.8 Å². The summed E-state index contributed by atoms with van der Waals surface area (Å²) in [6.07, 6.45) is -4.44. The fraction of sp³-hybridized carbons (Fsp3) is 0.200. The predicted octanol–water partition coefficient (Wildman–Crippen LogP) is 2.08. The number of nitrogens with two attached hydrogens (primary N) is 1. The molecule has 0 saturated carbocycles. The van der Waals surface area contributed by atoms with Crippen LogP contribution in [0.5, 0.6) is 0 Å². The molecule has 1 aromatic carbocycles. The van der Waals surface area contributed by atoms with Gasteiger partial charge in [0.15, 0.2) is 5.82 Å². The van der Waals surface area contributed by atoms with E-state index in [0.717, 1.165) is 6.07 Å². The summed E-state index contributed by atoms with van der Waals surface area (Å²) in [6, 6.07) is 5.12. The number of benzene rings is 1. The van der Waals surface area contributed by atoms with Crippen molar-refractivity contribution in [2.24, 2.45) is 7.05 Å². The lowest BCUT2D eigenvalue weighted by molar-refractivity contribution is -0.137. The van der Waals surface area contributed by atoms with Crippen molar-refractivity contribution < 1.29 is 13.2 Å². The van der Waals surface area contributed by atoms with Crippen LogP contribution in [-0.2, 0) is 13.2 Å². The van der Waals surface area contributed by atoms with Gasteiger partial charge in [0.05, 0.1) is 5.56 Å². The summed E-state index contributed by atoms with van der Waals surface area (Å²) < 4.78 is 39.5. The number of nitrogen functional groups attached to an aromatic ring is 1. The molecule has 1 heterocycles. The lowest BCUT2D eigenvalue weighted by atomic mass is 10.1. The molecule has 2 N–H and O–H groups in total. The van der Waals surface area contributed by atoms with E-state index >= 15 is 0 Å². The number of nitrogens with zero attached hydrogens (tertiary/aromatic N) is 3. The zero-order chi connectivity index (χ0) is 12.6. The lowest BCUT2D eigenvalue weighted by Gasteiger charge is -2.09. The number of hydrogen-bond acceptors (Lipinski definition) is 3. The Bertz CT molecular complexity index is 525. The van der Waals surface area contributed by atoms with Gasteiger partial charge in [-0.15, -0.1) is 5.10 Å². The second-order valence-electron chi connectivity index (χ2n) is 3.46. The molecule has 0 atom stereocenters. The molecule has 1 aromatic heterocycles. The largest absolute Gasteiger partial charge is 0.417 e. The average Bonchev–Trinajstić information content (AvgIpc) is 2.58. The van der Waals surface area contributed by atoms with Gasteiger partial charge in [0.2, 0.25) is 5.95 Å².